The molecular formula is C43H40O6S. The molecule has 0 spiro atoms. The Kier molecular flexibility index (Phi) is 10.5. The van der Waals surface area contributed by atoms with E-state index < -0.39 is 9.84 Å². The number of sulfone groups is 1. The average Bonchev–Trinajstić information content (AvgIpc) is 3.15. The molecule has 0 heterocycles. The van der Waals surface area contributed by atoms with Crippen LogP contribution >= 0.6 is 0 Å². The van der Waals surface area contributed by atoms with Crippen molar-refractivity contribution >= 4 is 9.84 Å². The molecule has 1 N–H and O–H groups in total. The summed E-state index contributed by atoms with van der Waals surface area (Å²) in [6.07, 6.45) is 1.88. The topological polar surface area (TPSA) is 82.1 Å². The van der Waals surface area contributed by atoms with Crippen LogP contribution in [0.2, 0.25) is 0 Å². The Morgan fingerprint density at radius 3 is 1.30 bits per heavy atom. The zero-order chi connectivity index (χ0) is 35.1. The first-order valence-electron chi connectivity index (χ1n) is 16.8. The van der Waals surface area contributed by atoms with Crippen molar-refractivity contribution in [3.05, 3.63) is 151 Å². The van der Waals surface area contributed by atoms with Crippen molar-refractivity contribution in [2.75, 3.05) is 0 Å². The van der Waals surface area contributed by atoms with Crippen molar-refractivity contribution in [3.8, 4) is 51.0 Å². The van der Waals surface area contributed by atoms with Gasteiger partial charge in [0.05, 0.1) is 15.9 Å². The third-order valence-electron chi connectivity index (χ3n) is 8.65. The van der Waals surface area contributed by atoms with Crippen molar-refractivity contribution in [2.45, 2.75) is 55.6 Å². The summed E-state index contributed by atoms with van der Waals surface area (Å²) in [5, 5.41) is 9.53. The number of ether oxygens (including phenoxy) is 3. The monoisotopic (exact) mass is 684 g/mol. The molecule has 1 atom stereocenters. The van der Waals surface area contributed by atoms with Crippen LogP contribution in [0.4, 0.5) is 0 Å². The van der Waals surface area contributed by atoms with Crippen molar-refractivity contribution in [3.63, 3.8) is 0 Å². The van der Waals surface area contributed by atoms with Crippen molar-refractivity contribution in [1.29, 1.82) is 0 Å². The van der Waals surface area contributed by atoms with Crippen LogP contribution in [0.3, 0.4) is 0 Å². The van der Waals surface area contributed by atoms with Gasteiger partial charge in [-0.1, -0.05) is 74.5 Å². The zero-order valence-electron chi connectivity index (χ0n) is 28.3. The van der Waals surface area contributed by atoms with Crippen LogP contribution in [-0.2, 0) is 9.84 Å². The highest BCUT2D eigenvalue weighted by Gasteiger charge is 2.19. The Hall–Kier alpha value is -5.53. The van der Waals surface area contributed by atoms with Crippen LogP contribution in [0.25, 0.3) is 22.3 Å². The van der Waals surface area contributed by atoms with Gasteiger partial charge in [-0.25, -0.2) is 8.42 Å². The van der Waals surface area contributed by atoms with Gasteiger partial charge in [-0.05, 0) is 133 Å². The molecule has 6 aromatic carbocycles. The van der Waals surface area contributed by atoms with Gasteiger partial charge in [0, 0.05) is 0 Å². The number of benzene rings is 6. The fourth-order valence-corrected chi connectivity index (χ4v) is 6.88. The highest BCUT2D eigenvalue weighted by molar-refractivity contribution is 7.91. The zero-order valence-corrected chi connectivity index (χ0v) is 29.1. The summed E-state index contributed by atoms with van der Waals surface area (Å²) in [4.78, 5) is 0.383. The van der Waals surface area contributed by atoms with Crippen LogP contribution in [0.15, 0.2) is 155 Å². The number of hydrogen-bond acceptors (Lipinski definition) is 6. The van der Waals surface area contributed by atoms with E-state index in [1.54, 1.807) is 60.7 Å². The van der Waals surface area contributed by atoms with Crippen LogP contribution in [0, 0.1) is 0 Å². The molecule has 0 aliphatic carbocycles. The molecule has 0 aliphatic rings. The Bertz CT molecular complexity index is 2080. The Morgan fingerprint density at radius 1 is 0.500 bits per heavy atom. The van der Waals surface area contributed by atoms with E-state index >= 15 is 0 Å². The predicted octanol–water partition coefficient (Wildman–Crippen LogP) is 11.1. The summed E-state index contributed by atoms with van der Waals surface area (Å²) < 4.78 is 45.0. The lowest BCUT2D eigenvalue weighted by Crippen LogP contribution is -2.13. The van der Waals surface area contributed by atoms with Crippen molar-refractivity contribution in [1.82, 2.24) is 0 Å². The largest absolute Gasteiger partial charge is 0.508 e. The Morgan fingerprint density at radius 2 is 0.860 bits per heavy atom. The second kappa shape index (κ2) is 15.3. The maximum Gasteiger partial charge on any atom is 0.206 e. The minimum Gasteiger partial charge on any atom is -0.508 e. The second-order valence-corrected chi connectivity index (χ2v) is 14.0. The number of hydrogen-bond donors (Lipinski definition) is 1. The molecule has 0 fully saturated rings. The maximum absolute atomic E-state index is 13.4. The van der Waals surface area contributed by atoms with Crippen LogP contribution in [-0.4, -0.2) is 19.6 Å². The summed E-state index contributed by atoms with van der Waals surface area (Å²) in [5.74, 6) is 2.98. The second-order valence-electron chi connectivity index (χ2n) is 12.1. The summed E-state index contributed by atoms with van der Waals surface area (Å²) in [7, 11) is -3.73. The fraction of sp³-hybridized carbons (Fsp3) is 0.163. The van der Waals surface area contributed by atoms with E-state index in [1.165, 1.54) is 0 Å². The summed E-state index contributed by atoms with van der Waals surface area (Å²) in [5.41, 5.74) is 4.99. The molecule has 1 unspecified atom stereocenters. The lowest BCUT2D eigenvalue weighted by Gasteiger charge is -2.16. The van der Waals surface area contributed by atoms with Crippen LogP contribution < -0.4 is 14.2 Å². The van der Waals surface area contributed by atoms with Gasteiger partial charge < -0.3 is 19.3 Å². The van der Waals surface area contributed by atoms with E-state index in [-0.39, 0.29) is 27.7 Å². The summed E-state index contributed by atoms with van der Waals surface area (Å²) >= 11 is 0. The highest BCUT2D eigenvalue weighted by atomic mass is 32.2. The molecule has 6 rings (SSSR count). The third-order valence-corrected chi connectivity index (χ3v) is 10.4. The van der Waals surface area contributed by atoms with Crippen LogP contribution in [0.5, 0.6) is 28.7 Å². The van der Waals surface area contributed by atoms with Gasteiger partial charge in [-0.15, -0.1) is 0 Å². The molecule has 0 aliphatic heterocycles. The van der Waals surface area contributed by atoms with Gasteiger partial charge in [0.15, 0.2) is 0 Å². The van der Waals surface area contributed by atoms with E-state index in [2.05, 4.69) is 26.0 Å². The van der Waals surface area contributed by atoms with E-state index in [1.807, 2.05) is 79.7 Å². The molecule has 0 amide bonds. The summed E-state index contributed by atoms with van der Waals surface area (Å²) in [6.45, 7) is 6.18. The van der Waals surface area contributed by atoms with Gasteiger partial charge >= 0.3 is 0 Å². The highest BCUT2D eigenvalue weighted by Crippen LogP contribution is 2.31. The molecule has 0 saturated carbocycles. The lowest BCUT2D eigenvalue weighted by molar-refractivity contribution is 0.193. The molecule has 0 radical (unpaired) electrons. The number of rotatable bonds is 13. The quantitative estimate of drug-likeness (QED) is 0.130. The van der Waals surface area contributed by atoms with E-state index in [0.29, 0.717) is 17.2 Å². The Balaban J connectivity index is 1.05. The van der Waals surface area contributed by atoms with Crippen molar-refractivity contribution < 1.29 is 27.7 Å². The molecular weight excluding hydrogens is 645 g/mol. The van der Waals surface area contributed by atoms with Gasteiger partial charge in [0.2, 0.25) is 9.84 Å². The molecule has 50 heavy (non-hydrogen) atoms. The molecule has 6 aromatic rings. The normalized spacial score (nSPS) is 12.0. The molecule has 0 bridgehead atoms. The smallest absolute Gasteiger partial charge is 0.206 e. The molecule has 6 nitrogen and oxygen atoms in total. The average molecular weight is 685 g/mol. The lowest BCUT2D eigenvalue weighted by atomic mass is 10.1. The molecule has 0 aromatic heterocycles. The fourth-order valence-electron chi connectivity index (χ4n) is 5.62. The van der Waals surface area contributed by atoms with Crippen molar-refractivity contribution in [2.24, 2.45) is 0 Å². The first-order valence-corrected chi connectivity index (χ1v) is 18.3. The first-order chi connectivity index (χ1) is 24.2. The Labute approximate surface area is 294 Å². The first kappa shape index (κ1) is 34.3. The standard InChI is InChI=1S/C43H40O6S/c1-4-37(5-2)48-39-20-10-34(11-21-39)35-12-22-40(23-13-35)49-41-24-28-43(29-25-41)50(45,46)42-26-14-31(15-27-42)30(3)47-38-18-8-33(9-19-38)32-6-16-36(44)17-7-32/h6-30,37,44H,4-5H2,1-3H3. The van der Waals surface area contributed by atoms with Gasteiger partial charge in [0.1, 0.15) is 34.9 Å². The minimum atomic E-state index is -3.73. The SMILES string of the molecule is CCC(CC)Oc1ccc(-c2ccc(Oc3ccc(S(=O)(=O)c4ccc(C(C)Oc5ccc(-c6ccc(O)cc6)cc5)cc4)cc3)cc2)cc1. The maximum atomic E-state index is 13.4. The number of phenols is 1. The third kappa shape index (κ3) is 8.18. The van der Waals surface area contributed by atoms with Gasteiger partial charge in [0.25, 0.3) is 0 Å². The van der Waals surface area contributed by atoms with E-state index in [4.69, 9.17) is 14.2 Å². The van der Waals surface area contributed by atoms with E-state index in [0.717, 1.165) is 46.4 Å². The van der Waals surface area contributed by atoms with Crippen LogP contribution in [0.1, 0.15) is 45.3 Å². The predicted molar refractivity (Wildman–Crippen MR) is 198 cm³/mol. The molecule has 0 saturated heterocycles. The number of phenolic OH excluding ortho intramolecular Hbond substituents is 1. The molecule has 7 heteroatoms. The summed E-state index contributed by atoms with van der Waals surface area (Å²) in [6, 6.07) is 43.8. The van der Waals surface area contributed by atoms with E-state index in [9.17, 15) is 13.5 Å². The minimum absolute atomic E-state index is 0.183. The van der Waals surface area contributed by atoms with Gasteiger partial charge in [-0.3, -0.25) is 0 Å². The molecule has 254 valence electrons. The number of aromatic hydroxyl groups is 1. The van der Waals surface area contributed by atoms with Gasteiger partial charge in [-0.2, -0.15) is 0 Å².